The number of carbonyl (C=O) groups is 1. The lowest BCUT2D eigenvalue weighted by Crippen LogP contribution is -2.35. The smallest absolute Gasteiger partial charge is 0.223 e. The van der Waals surface area contributed by atoms with Crippen molar-refractivity contribution in [1.29, 1.82) is 0 Å². The normalized spacial score (nSPS) is 23.1. The minimum Gasteiger partial charge on any atom is -0.393 e. The molecule has 2 N–H and O–H groups in total. The zero-order valence-electron chi connectivity index (χ0n) is 11.5. The predicted molar refractivity (Wildman–Crippen MR) is 71.3 cm³/mol. The zero-order chi connectivity index (χ0) is 13.8. The molecule has 19 heavy (non-hydrogen) atoms. The first-order chi connectivity index (χ1) is 9.04. The molecule has 104 valence electrons. The van der Waals surface area contributed by atoms with Crippen molar-refractivity contribution < 1.29 is 9.90 Å². The van der Waals surface area contributed by atoms with Gasteiger partial charge in [-0.15, -0.1) is 0 Å². The number of hydrogen-bond donors (Lipinski definition) is 2. The number of aliphatic hydroxyl groups excluding tert-OH is 1. The second kappa shape index (κ2) is 6.10. The van der Waals surface area contributed by atoms with Crippen molar-refractivity contribution in [2.24, 2.45) is 5.92 Å². The quantitative estimate of drug-likeness (QED) is 0.861. The summed E-state index contributed by atoms with van der Waals surface area (Å²) in [6.07, 6.45) is 2.82. The second-order valence-electron chi connectivity index (χ2n) is 5.30. The molecular weight excluding hydrogens is 242 g/mol. The van der Waals surface area contributed by atoms with Crippen LogP contribution in [0.1, 0.15) is 42.9 Å². The molecule has 0 bridgehead atoms. The summed E-state index contributed by atoms with van der Waals surface area (Å²) in [7, 11) is 0. The van der Waals surface area contributed by atoms with Gasteiger partial charge < -0.3 is 10.4 Å². The van der Waals surface area contributed by atoms with E-state index in [1.807, 2.05) is 19.9 Å². The van der Waals surface area contributed by atoms with E-state index < -0.39 is 0 Å². The lowest BCUT2D eigenvalue weighted by atomic mass is 9.87. The number of hydrogen-bond acceptors (Lipinski definition) is 4. The monoisotopic (exact) mass is 263 g/mol. The Morgan fingerprint density at radius 3 is 2.68 bits per heavy atom. The minimum atomic E-state index is -0.332. The van der Waals surface area contributed by atoms with Crippen molar-refractivity contribution in [3.63, 3.8) is 0 Å². The Balaban J connectivity index is 1.89. The standard InChI is InChI=1S/C14H21N3O2/c1-9-6-10(2)17-13(16-9)8-15-14(19)11-4-3-5-12(18)7-11/h6,11-12,18H,3-5,7-8H2,1-2H3,(H,15,19)/t11-,12+/m0/s1. The Morgan fingerprint density at radius 2 is 2.05 bits per heavy atom. The molecule has 2 atom stereocenters. The predicted octanol–water partition coefficient (Wildman–Crippen LogP) is 1.26. The summed E-state index contributed by atoms with van der Waals surface area (Å²) in [6.45, 7) is 4.18. The topological polar surface area (TPSA) is 75.1 Å². The maximum Gasteiger partial charge on any atom is 0.223 e. The molecule has 0 saturated heterocycles. The van der Waals surface area contributed by atoms with Crippen LogP contribution < -0.4 is 5.32 Å². The van der Waals surface area contributed by atoms with Crippen LogP contribution in [-0.4, -0.2) is 27.1 Å². The van der Waals surface area contributed by atoms with Crippen LogP contribution in [0, 0.1) is 19.8 Å². The highest BCUT2D eigenvalue weighted by Crippen LogP contribution is 2.24. The summed E-state index contributed by atoms with van der Waals surface area (Å²) < 4.78 is 0. The SMILES string of the molecule is Cc1cc(C)nc(CNC(=O)[C@H]2CCC[C@@H](O)C2)n1. The fraction of sp³-hybridized carbons (Fsp3) is 0.643. The van der Waals surface area contributed by atoms with Crippen LogP contribution in [-0.2, 0) is 11.3 Å². The van der Waals surface area contributed by atoms with Gasteiger partial charge in [0.1, 0.15) is 5.82 Å². The first-order valence-corrected chi connectivity index (χ1v) is 6.81. The average Bonchev–Trinajstić information content (AvgIpc) is 2.35. The van der Waals surface area contributed by atoms with E-state index in [4.69, 9.17) is 0 Å². The van der Waals surface area contributed by atoms with E-state index in [-0.39, 0.29) is 17.9 Å². The number of amides is 1. The number of aromatic nitrogens is 2. The fourth-order valence-corrected chi connectivity index (χ4v) is 2.59. The molecule has 1 aliphatic rings. The van der Waals surface area contributed by atoms with Crippen LogP contribution in [0.4, 0.5) is 0 Å². The maximum atomic E-state index is 12.0. The van der Waals surface area contributed by atoms with Crippen LogP contribution in [0.5, 0.6) is 0 Å². The highest BCUT2D eigenvalue weighted by Gasteiger charge is 2.25. The van der Waals surface area contributed by atoms with Gasteiger partial charge >= 0.3 is 0 Å². The van der Waals surface area contributed by atoms with Gasteiger partial charge in [0.15, 0.2) is 0 Å². The highest BCUT2D eigenvalue weighted by molar-refractivity contribution is 5.78. The molecule has 0 aromatic carbocycles. The number of carbonyl (C=O) groups excluding carboxylic acids is 1. The fourth-order valence-electron chi connectivity index (χ4n) is 2.59. The largest absolute Gasteiger partial charge is 0.393 e. The minimum absolute atomic E-state index is 0.00140. The average molecular weight is 263 g/mol. The summed E-state index contributed by atoms with van der Waals surface area (Å²) in [5, 5.41) is 12.5. The maximum absolute atomic E-state index is 12.0. The summed E-state index contributed by atoms with van der Waals surface area (Å²) in [5.41, 5.74) is 1.81. The molecule has 2 rings (SSSR count). The van der Waals surface area contributed by atoms with Crippen molar-refractivity contribution in [3.05, 3.63) is 23.3 Å². The molecule has 1 amide bonds. The Kier molecular flexibility index (Phi) is 4.47. The van der Waals surface area contributed by atoms with E-state index in [9.17, 15) is 9.90 Å². The van der Waals surface area contributed by atoms with Gasteiger partial charge in [-0.1, -0.05) is 6.42 Å². The molecule has 5 nitrogen and oxygen atoms in total. The molecular formula is C14H21N3O2. The van der Waals surface area contributed by atoms with Gasteiger partial charge in [-0.3, -0.25) is 4.79 Å². The molecule has 5 heteroatoms. The third kappa shape index (κ3) is 3.99. The Labute approximate surface area is 113 Å². The molecule has 1 fully saturated rings. The molecule has 1 heterocycles. The van der Waals surface area contributed by atoms with Crippen LogP contribution in [0.2, 0.25) is 0 Å². The van der Waals surface area contributed by atoms with E-state index in [1.54, 1.807) is 0 Å². The third-order valence-corrected chi connectivity index (χ3v) is 3.47. The number of aliphatic hydroxyl groups is 1. The van der Waals surface area contributed by atoms with Gasteiger partial charge in [0.25, 0.3) is 0 Å². The van der Waals surface area contributed by atoms with Crippen molar-refractivity contribution >= 4 is 5.91 Å². The first-order valence-electron chi connectivity index (χ1n) is 6.81. The van der Waals surface area contributed by atoms with E-state index in [1.165, 1.54) is 0 Å². The molecule has 0 aliphatic heterocycles. The van der Waals surface area contributed by atoms with E-state index in [0.29, 0.717) is 18.8 Å². The van der Waals surface area contributed by atoms with Crippen molar-refractivity contribution in [2.75, 3.05) is 0 Å². The summed E-state index contributed by atoms with van der Waals surface area (Å²) in [4.78, 5) is 20.6. The Hall–Kier alpha value is -1.49. The molecule has 1 saturated carbocycles. The Bertz CT molecular complexity index is 442. The van der Waals surface area contributed by atoms with Gasteiger partial charge in [0.05, 0.1) is 12.6 Å². The summed E-state index contributed by atoms with van der Waals surface area (Å²) in [6, 6.07) is 1.91. The van der Waals surface area contributed by atoms with Gasteiger partial charge in [-0.25, -0.2) is 9.97 Å². The van der Waals surface area contributed by atoms with Crippen molar-refractivity contribution in [3.8, 4) is 0 Å². The molecule has 1 aromatic heterocycles. The number of nitrogens with zero attached hydrogens (tertiary/aromatic N) is 2. The Morgan fingerprint density at radius 1 is 1.37 bits per heavy atom. The van der Waals surface area contributed by atoms with E-state index in [2.05, 4.69) is 15.3 Å². The van der Waals surface area contributed by atoms with Gasteiger partial charge in [-0.2, -0.15) is 0 Å². The lowest BCUT2D eigenvalue weighted by Gasteiger charge is -2.24. The molecule has 0 radical (unpaired) electrons. The van der Waals surface area contributed by atoms with Gasteiger partial charge in [-0.05, 0) is 39.2 Å². The van der Waals surface area contributed by atoms with Crippen LogP contribution in [0.3, 0.4) is 0 Å². The summed E-state index contributed by atoms with van der Waals surface area (Å²) >= 11 is 0. The first kappa shape index (κ1) is 13.9. The van der Waals surface area contributed by atoms with E-state index >= 15 is 0 Å². The zero-order valence-corrected chi connectivity index (χ0v) is 11.5. The molecule has 1 aromatic rings. The number of nitrogens with one attached hydrogen (secondary N) is 1. The highest BCUT2D eigenvalue weighted by atomic mass is 16.3. The third-order valence-electron chi connectivity index (χ3n) is 3.47. The molecule has 0 unspecified atom stereocenters. The van der Waals surface area contributed by atoms with Gasteiger partial charge in [0, 0.05) is 17.3 Å². The van der Waals surface area contributed by atoms with Gasteiger partial charge in [0.2, 0.25) is 5.91 Å². The molecule has 1 aliphatic carbocycles. The number of rotatable bonds is 3. The van der Waals surface area contributed by atoms with Crippen molar-refractivity contribution in [2.45, 2.75) is 52.2 Å². The van der Waals surface area contributed by atoms with E-state index in [0.717, 1.165) is 30.7 Å². The van der Waals surface area contributed by atoms with Crippen LogP contribution in [0.25, 0.3) is 0 Å². The van der Waals surface area contributed by atoms with Crippen molar-refractivity contribution in [1.82, 2.24) is 15.3 Å². The lowest BCUT2D eigenvalue weighted by molar-refractivity contribution is -0.127. The number of aryl methyl sites for hydroxylation is 2. The van der Waals surface area contributed by atoms with Crippen LogP contribution in [0.15, 0.2) is 6.07 Å². The molecule has 0 spiro atoms. The summed E-state index contributed by atoms with van der Waals surface area (Å²) in [5.74, 6) is 0.568. The second-order valence-corrected chi connectivity index (χ2v) is 5.30. The van der Waals surface area contributed by atoms with Crippen LogP contribution >= 0.6 is 0 Å².